The molecule has 0 aliphatic rings. The van der Waals surface area contributed by atoms with Crippen LogP contribution in [0.1, 0.15) is 10.4 Å². The second kappa shape index (κ2) is 6.37. The van der Waals surface area contributed by atoms with Crippen molar-refractivity contribution in [3.05, 3.63) is 23.9 Å². The molecule has 1 aromatic heterocycles. The Hall–Kier alpha value is -1.83. The Balaban J connectivity index is 2.85. The van der Waals surface area contributed by atoms with Gasteiger partial charge in [-0.25, -0.2) is 4.98 Å². The average molecular weight is 278 g/mol. The Labute approximate surface area is 107 Å². The number of pyridine rings is 1. The van der Waals surface area contributed by atoms with Crippen molar-refractivity contribution in [2.75, 3.05) is 26.8 Å². The molecule has 8 heteroatoms. The van der Waals surface area contributed by atoms with Gasteiger partial charge in [0, 0.05) is 18.8 Å². The molecule has 1 N–H and O–H groups in total. The van der Waals surface area contributed by atoms with Crippen LogP contribution in [-0.4, -0.2) is 53.9 Å². The van der Waals surface area contributed by atoms with Gasteiger partial charge in [-0.1, -0.05) is 0 Å². The summed E-state index contributed by atoms with van der Waals surface area (Å²) >= 11 is 0. The number of nitrogens with zero attached hydrogens (tertiary/aromatic N) is 2. The minimum absolute atomic E-state index is 0.00139. The van der Waals surface area contributed by atoms with Gasteiger partial charge in [-0.15, -0.1) is 0 Å². The van der Waals surface area contributed by atoms with Crippen LogP contribution in [-0.2, 0) is 0 Å². The second-order valence-electron chi connectivity index (χ2n) is 3.65. The van der Waals surface area contributed by atoms with Crippen molar-refractivity contribution >= 4 is 5.91 Å². The van der Waals surface area contributed by atoms with E-state index in [0.29, 0.717) is 4.90 Å². The third-order valence-electron chi connectivity index (χ3n) is 2.22. The van der Waals surface area contributed by atoms with E-state index in [1.165, 1.54) is 19.2 Å². The number of halogens is 3. The van der Waals surface area contributed by atoms with Crippen LogP contribution in [0.3, 0.4) is 0 Å². The van der Waals surface area contributed by atoms with E-state index in [4.69, 9.17) is 9.84 Å². The molecular weight excluding hydrogens is 265 g/mol. The predicted molar refractivity (Wildman–Crippen MR) is 59.8 cm³/mol. The van der Waals surface area contributed by atoms with Gasteiger partial charge < -0.3 is 14.7 Å². The first-order valence-electron chi connectivity index (χ1n) is 5.34. The Morgan fingerprint density at radius 2 is 2.16 bits per heavy atom. The monoisotopic (exact) mass is 278 g/mol. The molecule has 0 radical (unpaired) electrons. The lowest BCUT2D eigenvalue weighted by molar-refractivity contribution is -0.141. The van der Waals surface area contributed by atoms with Gasteiger partial charge in [0.25, 0.3) is 5.91 Å². The van der Waals surface area contributed by atoms with Crippen molar-refractivity contribution in [2.45, 2.75) is 6.18 Å². The fourth-order valence-electron chi connectivity index (χ4n) is 1.40. The summed E-state index contributed by atoms with van der Waals surface area (Å²) in [4.78, 5) is 16.1. The highest BCUT2D eigenvalue weighted by atomic mass is 19.4. The molecular formula is C11H13F3N2O3. The Kier molecular flexibility index (Phi) is 5.11. The number of methoxy groups -OCH3 is 1. The smallest absolute Gasteiger partial charge is 0.406 e. The summed E-state index contributed by atoms with van der Waals surface area (Å²) in [5.74, 6) is -0.595. The molecule has 0 bridgehead atoms. The van der Waals surface area contributed by atoms with Gasteiger partial charge in [-0.05, 0) is 6.07 Å². The van der Waals surface area contributed by atoms with Crippen LogP contribution >= 0.6 is 0 Å². The van der Waals surface area contributed by atoms with E-state index in [0.717, 1.165) is 6.20 Å². The number of aliphatic hydroxyl groups excluding tert-OH is 1. The van der Waals surface area contributed by atoms with Crippen LogP contribution in [0.25, 0.3) is 0 Å². The topological polar surface area (TPSA) is 62.7 Å². The number of rotatable bonds is 5. The number of carbonyl (C=O) groups excluding carboxylic acids is 1. The molecule has 0 aromatic carbocycles. The van der Waals surface area contributed by atoms with E-state index < -0.39 is 31.8 Å². The minimum Gasteiger partial charge on any atom is -0.481 e. The summed E-state index contributed by atoms with van der Waals surface area (Å²) in [7, 11) is 1.38. The molecule has 0 saturated heterocycles. The van der Waals surface area contributed by atoms with E-state index in [9.17, 15) is 18.0 Å². The summed E-state index contributed by atoms with van der Waals surface area (Å²) in [5, 5.41) is 8.71. The number of aromatic nitrogens is 1. The fourth-order valence-corrected chi connectivity index (χ4v) is 1.40. The predicted octanol–water partition coefficient (Wildman–Crippen LogP) is 1.09. The van der Waals surface area contributed by atoms with Crippen LogP contribution in [0.2, 0.25) is 0 Å². The molecule has 0 unspecified atom stereocenters. The molecule has 0 fully saturated rings. The van der Waals surface area contributed by atoms with Gasteiger partial charge in [0.05, 0.1) is 19.3 Å². The first-order chi connectivity index (χ1) is 8.87. The van der Waals surface area contributed by atoms with Crippen molar-refractivity contribution < 1.29 is 27.8 Å². The van der Waals surface area contributed by atoms with Gasteiger partial charge in [0.15, 0.2) is 0 Å². The van der Waals surface area contributed by atoms with Crippen LogP contribution in [0.4, 0.5) is 13.2 Å². The Bertz CT molecular complexity index is 420. The number of ether oxygens (including phenoxy) is 1. The van der Waals surface area contributed by atoms with Crippen molar-refractivity contribution in [1.82, 2.24) is 9.88 Å². The van der Waals surface area contributed by atoms with Crippen molar-refractivity contribution in [3.63, 3.8) is 0 Å². The summed E-state index contributed by atoms with van der Waals surface area (Å²) < 4.78 is 41.7. The first kappa shape index (κ1) is 15.2. The lowest BCUT2D eigenvalue weighted by Crippen LogP contribution is -2.40. The molecule has 0 aliphatic heterocycles. The third kappa shape index (κ3) is 4.74. The van der Waals surface area contributed by atoms with Gasteiger partial charge >= 0.3 is 6.18 Å². The maximum Gasteiger partial charge on any atom is 0.406 e. The lowest BCUT2D eigenvalue weighted by Gasteiger charge is -2.23. The first-order valence-corrected chi connectivity index (χ1v) is 5.34. The summed E-state index contributed by atoms with van der Waals surface area (Å²) in [6.07, 6.45) is -3.40. The second-order valence-corrected chi connectivity index (χ2v) is 3.65. The standard InChI is InChI=1S/C11H13F3N2O3/c1-19-9-3-2-8(6-15-9)10(18)16(4-5-17)7-11(12,13)14/h2-3,6,17H,4-5,7H2,1H3. The van der Waals surface area contributed by atoms with Crippen LogP contribution in [0.5, 0.6) is 5.88 Å². The molecule has 1 aromatic rings. The number of alkyl halides is 3. The van der Waals surface area contributed by atoms with Crippen molar-refractivity contribution in [2.24, 2.45) is 0 Å². The van der Waals surface area contributed by atoms with Gasteiger partial charge in [-0.3, -0.25) is 4.79 Å². The molecule has 0 aliphatic carbocycles. The molecule has 1 rings (SSSR count). The van der Waals surface area contributed by atoms with E-state index in [2.05, 4.69) is 4.98 Å². The summed E-state index contributed by atoms with van der Waals surface area (Å²) in [6, 6.07) is 2.69. The van der Waals surface area contributed by atoms with Gasteiger partial charge in [0.1, 0.15) is 6.54 Å². The lowest BCUT2D eigenvalue weighted by atomic mass is 10.2. The molecule has 0 spiro atoms. The molecule has 106 valence electrons. The van der Waals surface area contributed by atoms with E-state index in [1.54, 1.807) is 0 Å². The summed E-state index contributed by atoms with van der Waals surface area (Å²) in [6.45, 7) is -2.37. The van der Waals surface area contributed by atoms with Crippen LogP contribution < -0.4 is 4.74 Å². The number of carbonyl (C=O) groups is 1. The van der Waals surface area contributed by atoms with E-state index in [-0.39, 0.29) is 11.4 Å². The minimum atomic E-state index is -4.52. The molecule has 0 saturated carbocycles. The van der Waals surface area contributed by atoms with Gasteiger partial charge in [-0.2, -0.15) is 13.2 Å². The molecule has 0 atom stereocenters. The van der Waals surface area contributed by atoms with Crippen LogP contribution in [0.15, 0.2) is 18.3 Å². The van der Waals surface area contributed by atoms with Crippen molar-refractivity contribution in [3.8, 4) is 5.88 Å². The maximum absolute atomic E-state index is 12.3. The third-order valence-corrected chi connectivity index (χ3v) is 2.22. The number of aliphatic hydroxyl groups is 1. The number of hydrogen-bond acceptors (Lipinski definition) is 4. The fraction of sp³-hybridized carbons (Fsp3) is 0.455. The quantitative estimate of drug-likeness (QED) is 0.875. The highest BCUT2D eigenvalue weighted by Crippen LogP contribution is 2.18. The molecule has 19 heavy (non-hydrogen) atoms. The zero-order valence-electron chi connectivity index (χ0n) is 10.1. The SMILES string of the molecule is COc1ccc(C(=O)N(CCO)CC(F)(F)F)cn1. The molecule has 1 amide bonds. The number of amides is 1. The van der Waals surface area contributed by atoms with Gasteiger partial charge in [0.2, 0.25) is 5.88 Å². The summed E-state index contributed by atoms with van der Waals surface area (Å²) in [5.41, 5.74) is -0.00139. The van der Waals surface area contributed by atoms with Crippen molar-refractivity contribution in [1.29, 1.82) is 0 Å². The Morgan fingerprint density at radius 3 is 2.58 bits per heavy atom. The molecule has 5 nitrogen and oxygen atoms in total. The normalized spacial score (nSPS) is 11.2. The highest BCUT2D eigenvalue weighted by molar-refractivity contribution is 5.94. The Morgan fingerprint density at radius 1 is 1.47 bits per heavy atom. The zero-order chi connectivity index (χ0) is 14.5. The van der Waals surface area contributed by atoms with E-state index >= 15 is 0 Å². The maximum atomic E-state index is 12.3. The van der Waals surface area contributed by atoms with Crippen LogP contribution in [0, 0.1) is 0 Å². The molecule has 1 heterocycles. The zero-order valence-corrected chi connectivity index (χ0v) is 10.1. The largest absolute Gasteiger partial charge is 0.481 e. The van der Waals surface area contributed by atoms with E-state index in [1.807, 2.05) is 0 Å². The highest BCUT2D eigenvalue weighted by Gasteiger charge is 2.33. The number of hydrogen-bond donors (Lipinski definition) is 1. The average Bonchev–Trinajstić information content (AvgIpc) is 2.36.